The first-order valence-corrected chi connectivity index (χ1v) is 6.34. The lowest BCUT2D eigenvalue weighted by Crippen LogP contribution is -2.45. The molecular formula is C15H15FN2O. The van der Waals surface area contributed by atoms with Crippen LogP contribution >= 0.6 is 0 Å². The molecule has 1 amide bonds. The van der Waals surface area contributed by atoms with E-state index in [1.54, 1.807) is 12.1 Å². The highest BCUT2D eigenvalue weighted by molar-refractivity contribution is 5.93. The van der Waals surface area contributed by atoms with Gasteiger partial charge in [-0.3, -0.25) is 4.79 Å². The minimum atomic E-state index is -0.247. The van der Waals surface area contributed by atoms with Crippen LogP contribution in [0, 0.1) is 5.82 Å². The Kier molecular flexibility index (Phi) is 2.85. The molecule has 1 saturated heterocycles. The van der Waals surface area contributed by atoms with Gasteiger partial charge in [0, 0.05) is 19.8 Å². The summed E-state index contributed by atoms with van der Waals surface area (Å²) in [5.41, 5.74) is 1.68. The third kappa shape index (κ3) is 2.03. The summed E-state index contributed by atoms with van der Waals surface area (Å²) in [6.45, 7) is 0.756. The summed E-state index contributed by atoms with van der Waals surface area (Å²) < 4.78 is 14.7. The Hall–Kier alpha value is -2.10. The fraction of sp³-hybridized carbons (Fsp3) is 0.267. The monoisotopic (exact) mass is 258 g/mol. The Balaban J connectivity index is 1.81. The van der Waals surface area contributed by atoms with Crippen molar-refractivity contribution in [3.8, 4) is 0 Å². The Morgan fingerprint density at radius 2 is 2.00 bits per heavy atom. The van der Waals surface area contributed by atoms with E-state index in [2.05, 4.69) is 0 Å². The molecule has 19 heavy (non-hydrogen) atoms. The third-order valence-electron chi connectivity index (χ3n) is 3.70. The van der Waals surface area contributed by atoms with E-state index in [-0.39, 0.29) is 17.8 Å². The van der Waals surface area contributed by atoms with Gasteiger partial charge in [-0.15, -0.1) is 0 Å². The van der Waals surface area contributed by atoms with Crippen molar-refractivity contribution in [2.75, 3.05) is 6.54 Å². The number of hydrogen-bond acceptors (Lipinski definition) is 1. The number of nitrogens with zero attached hydrogens (tertiary/aromatic N) is 2. The van der Waals surface area contributed by atoms with Gasteiger partial charge in [-0.1, -0.05) is 12.1 Å². The second kappa shape index (κ2) is 4.53. The second-order valence-electron chi connectivity index (χ2n) is 4.86. The molecule has 98 valence electrons. The molecule has 1 aliphatic heterocycles. The maximum Gasteiger partial charge on any atom is 0.270 e. The number of likely N-dealkylation sites (tertiary alicyclic amines) is 1. The average Bonchev–Trinajstić information content (AvgIpc) is 2.77. The molecule has 1 aromatic carbocycles. The maximum atomic E-state index is 12.9. The molecule has 1 aromatic heterocycles. The molecule has 0 spiro atoms. The number of carbonyl (C=O) groups excluding carboxylic acids is 1. The quantitative estimate of drug-likeness (QED) is 0.813. The highest BCUT2D eigenvalue weighted by Crippen LogP contribution is 2.34. The van der Waals surface area contributed by atoms with Crippen molar-refractivity contribution in [3.05, 3.63) is 59.7 Å². The lowest BCUT2D eigenvalue weighted by molar-refractivity contribution is 0.0450. The van der Waals surface area contributed by atoms with Gasteiger partial charge in [0.1, 0.15) is 11.5 Å². The summed E-state index contributed by atoms with van der Waals surface area (Å²) in [6.07, 6.45) is 2.79. The number of amides is 1. The normalized spacial score (nSPS) is 18.2. The number of carbonyl (C=O) groups is 1. The van der Waals surface area contributed by atoms with E-state index in [1.807, 2.05) is 34.8 Å². The summed E-state index contributed by atoms with van der Waals surface area (Å²) in [5.74, 6) is -0.212. The van der Waals surface area contributed by atoms with Gasteiger partial charge in [-0.05, 0) is 36.2 Å². The van der Waals surface area contributed by atoms with E-state index < -0.39 is 0 Å². The molecule has 3 nitrogen and oxygen atoms in total. The van der Waals surface area contributed by atoms with E-state index in [9.17, 15) is 9.18 Å². The third-order valence-corrected chi connectivity index (χ3v) is 3.70. The predicted octanol–water partition coefficient (Wildman–Crippen LogP) is 2.75. The number of benzene rings is 1. The summed E-state index contributed by atoms with van der Waals surface area (Å²) >= 11 is 0. The van der Waals surface area contributed by atoms with Gasteiger partial charge in [-0.25, -0.2) is 4.39 Å². The van der Waals surface area contributed by atoms with Crippen LogP contribution in [0.3, 0.4) is 0 Å². The van der Waals surface area contributed by atoms with Gasteiger partial charge in [0.25, 0.3) is 5.91 Å². The van der Waals surface area contributed by atoms with Gasteiger partial charge in [0.15, 0.2) is 0 Å². The van der Waals surface area contributed by atoms with E-state index in [0.717, 1.165) is 18.5 Å². The van der Waals surface area contributed by atoms with Crippen molar-refractivity contribution < 1.29 is 9.18 Å². The van der Waals surface area contributed by atoms with Crippen LogP contribution in [0.2, 0.25) is 0 Å². The zero-order chi connectivity index (χ0) is 13.4. The Morgan fingerprint density at radius 3 is 2.53 bits per heavy atom. The van der Waals surface area contributed by atoms with Crippen LogP contribution in [-0.4, -0.2) is 21.9 Å². The van der Waals surface area contributed by atoms with Gasteiger partial charge in [0.05, 0.1) is 6.04 Å². The van der Waals surface area contributed by atoms with Crippen molar-refractivity contribution in [1.29, 1.82) is 0 Å². The summed E-state index contributed by atoms with van der Waals surface area (Å²) in [4.78, 5) is 14.2. The molecule has 0 N–H and O–H groups in total. The highest BCUT2D eigenvalue weighted by Gasteiger charge is 2.34. The first-order chi connectivity index (χ1) is 9.16. The Labute approximate surface area is 111 Å². The molecule has 1 atom stereocenters. The van der Waals surface area contributed by atoms with Crippen LogP contribution in [0.5, 0.6) is 0 Å². The van der Waals surface area contributed by atoms with Crippen molar-refractivity contribution in [2.45, 2.75) is 12.5 Å². The lowest BCUT2D eigenvalue weighted by atomic mass is 9.94. The number of aryl methyl sites for hydroxylation is 1. The predicted molar refractivity (Wildman–Crippen MR) is 70.2 cm³/mol. The average molecular weight is 258 g/mol. The zero-order valence-electron chi connectivity index (χ0n) is 10.7. The largest absolute Gasteiger partial charge is 0.347 e. The fourth-order valence-electron chi connectivity index (χ4n) is 2.49. The molecule has 2 heterocycles. The fourth-order valence-corrected chi connectivity index (χ4v) is 2.49. The molecule has 1 unspecified atom stereocenters. The Bertz CT molecular complexity index is 603. The number of halogens is 1. The highest BCUT2D eigenvalue weighted by atomic mass is 19.1. The zero-order valence-corrected chi connectivity index (χ0v) is 10.7. The minimum absolute atomic E-state index is 0.0353. The van der Waals surface area contributed by atoms with E-state index in [4.69, 9.17) is 0 Å². The lowest BCUT2D eigenvalue weighted by Gasteiger charge is -2.41. The molecule has 3 rings (SSSR count). The van der Waals surface area contributed by atoms with Crippen molar-refractivity contribution >= 4 is 5.91 Å². The van der Waals surface area contributed by atoms with E-state index in [1.165, 1.54) is 12.1 Å². The number of aromatic nitrogens is 1. The van der Waals surface area contributed by atoms with Gasteiger partial charge in [-0.2, -0.15) is 0 Å². The van der Waals surface area contributed by atoms with Crippen LogP contribution in [0.25, 0.3) is 0 Å². The maximum absolute atomic E-state index is 12.9. The van der Waals surface area contributed by atoms with Crippen LogP contribution in [0.1, 0.15) is 28.5 Å². The van der Waals surface area contributed by atoms with Crippen molar-refractivity contribution in [1.82, 2.24) is 9.47 Å². The molecule has 1 fully saturated rings. The number of hydrogen-bond donors (Lipinski definition) is 0. The first-order valence-electron chi connectivity index (χ1n) is 6.34. The molecular weight excluding hydrogens is 243 g/mol. The van der Waals surface area contributed by atoms with Gasteiger partial charge in [0.2, 0.25) is 0 Å². The van der Waals surface area contributed by atoms with Crippen LogP contribution < -0.4 is 0 Å². The van der Waals surface area contributed by atoms with E-state index >= 15 is 0 Å². The van der Waals surface area contributed by atoms with Crippen molar-refractivity contribution in [2.24, 2.45) is 7.05 Å². The molecule has 2 aromatic rings. The molecule has 0 bridgehead atoms. The molecule has 0 radical (unpaired) electrons. The van der Waals surface area contributed by atoms with Crippen LogP contribution in [0.15, 0.2) is 42.6 Å². The van der Waals surface area contributed by atoms with Crippen LogP contribution in [0.4, 0.5) is 4.39 Å². The summed E-state index contributed by atoms with van der Waals surface area (Å²) in [6, 6.07) is 10.2. The molecule has 1 aliphatic rings. The standard InChI is InChI=1S/C15H15FN2O/c1-17-9-2-3-14(17)15(19)18-10-8-13(18)11-4-6-12(16)7-5-11/h2-7,9,13H,8,10H2,1H3. The Morgan fingerprint density at radius 1 is 1.26 bits per heavy atom. The molecule has 4 heteroatoms. The molecule has 0 saturated carbocycles. The SMILES string of the molecule is Cn1cccc1C(=O)N1CCC1c1ccc(F)cc1. The van der Waals surface area contributed by atoms with Gasteiger partial charge < -0.3 is 9.47 Å². The summed E-state index contributed by atoms with van der Waals surface area (Å²) in [5, 5.41) is 0. The topological polar surface area (TPSA) is 25.2 Å². The number of rotatable bonds is 2. The summed E-state index contributed by atoms with van der Waals surface area (Å²) in [7, 11) is 1.86. The van der Waals surface area contributed by atoms with Crippen molar-refractivity contribution in [3.63, 3.8) is 0 Å². The van der Waals surface area contributed by atoms with Gasteiger partial charge >= 0.3 is 0 Å². The smallest absolute Gasteiger partial charge is 0.270 e. The molecule has 0 aliphatic carbocycles. The first kappa shape index (κ1) is 12.0. The minimum Gasteiger partial charge on any atom is -0.347 e. The van der Waals surface area contributed by atoms with Crippen LogP contribution in [-0.2, 0) is 7.05 Å². The van der Waals surface area contributed by atoms with E-state index in [0.29, 0.717) is 5.69 Å². The second-order valence-corrected chi connectivity index (χ2v) is 4.86.